The number of benzene rings is 2. The first-order valence-electron chi connectivity index (χ1n) is 12.0. The lowest BCUT2D eigenvalue weighted by molar-refractivity contribution is -0.146. The quantitative estimate of drug-likeness (QED) is 0.373. The highest BCUT2D eigenvalue weighted by Crippen LogP contribution is 2.30. The van der Waals surface area contributed by atoms with E-state index in [9.17, 15) is 19.5 Å². The Balaban J connectivity index is 1.76. The van der Waals surface area contributed by atoms with Crippen molar-refractivity contribution in [2.24, 2.45) is 0 Å². The van der Waals surface area contributed by atoms with Crippen molar-refractivity contribution in [3.63, 3.8) is 0 Å². The van der Waals surface area contributed by atoms with E-state index in [0.717, 1.165) is 36.8 Å². The molecule has 0 aromatic heterocycles. The van der Waals surface area contributed by atoms with Gasteiger partial charge in [0.25, 0.3) is 0 Å². The average Bonchev–Trinajstić information content (AvgIpc) is 3.11. The molecule has 0 heterocycles. The van der Waals surface area contributed by atoms with Gasteiger partial charge in [0.1, 0.15) is 18.7 Å². The molecule has 0 spiro atoms. The number of esters is 1. The van der Waals surface area contributed by atoms with E-state index in [1.54, 1.807) is 0 Å². The summed E-state index contributed by atoms with van der Waals surface area (Å²) in [5, 5.41) is 16.7. The largest absolute Gasteiger partial charge is 0.467 e. The summed E-state index contributed by atoms with van der Waals surface area (Å²) in [4.78, 5) is 38.5. The molecule has 1 saturated carbocycles. The fraction of sp³-hybridized carbons (Fsp3) is 0.444. The summed E-state index contributed by atoms with van der Waals surface area (Å²) in [5.41, 5.74) is 0.174. The van der Waals surface area contributed by atoms with Crippen LogP contribution in [0.5, 0.6) is 0 Å². The molecular weight excluding hydrogens is 448 g/mol. The van der Waals surface area contributed by atoms with Gasteiger partial charge in [-0.1, -0.05) is 86.3 Å². The van der Waals surface area contributed by atoms with Crippen LogP contribution in [-0.2, 0) is 32.1 Å². The number of aliphatic hydroxyl groups is 1. The molecule has 3 N–H and O–H groups in total. The molecule has 188 valence electrons. The van der Waals surface area contributed by atoms with Gasteiger partial charge < -0.3 is 25.2 Å². The fourth-order valence-corrected chi connectivity index (χ4v) is 4.40. The van der Waals surface area contributed by atoms with Gasteiger partial charge in [0.05, 0.1) is 12.7 Å². The van der Waals surface area contributed by atoms with Crippen LogP contribution in [0.1, 0.15) is 49.7 Å². The number of amides is 2. The van der Waals surface area contributed by atoms with Crippen molar-refractivity contribution in [2.45, 2.75) is 69.2 Å². The van der Waals surface area contributed by atoms with Gasteiger partial charge in [-0.05, 0) is 24.0 Å². The van der Waals surface area contributed by atoms with Crippen molar-refractivity contribution in [3.05, 3.63) is 71.8 Å². The number of ether oxygens (including phenoxy) is 2. The van der Waals surface area contributed by atoms with Crippen LogP contribution in [0.4, 0.5) is 4.79 Å². The zero-order valence-electron chi connectivity index (χ0n) is 20.1. The standard InChI is InChI=1S/C27H34N2O6/c1-34-25(31)22(18-20-12-6-4-7-13-20)28-24(30)23(27(33)16-10-2-3-11-17-27)29-26(32)35-19-21-14-8-5-9-15-21/h4-9,12-15,22-23,33H,2-3,10-11,16-19H2,1H3,(H,28,30)(H,29,32)/t22-,23+/m0/s1. The molecule has 1 aliphatic carbocycles. The van der Waals surface area contributed by atoms with Gasteiger partial charge in [-0.25, -0.2) is 9.59 Å². The second kappa shape index (κ2) is 12.9. The van der Waals surface area contributed by atoms with Crippen LogP contribution in [0.2, 0.25) is 0 Å². The van der Waals surface area contributed by atoms with Gasteiger partial charge in [0, 0.05) is 6.42 Å². The maximum Gasteiger partial charge on any atom is 0.408 e. The van der Waals surface area contributed by atoms with E-state index >= 15 is 0 Å². The maximum absolute atomic E-state index is 13.4. The molecule has 0 radical (unpaired) electrons. The third-order valence-corrected chi connectivity index (χ3v) is 6.33. The number of alkyl carbamates (subject to hydrolysis) is 1. The van der Waals surface area contributed by atoms with Crippen molar-refractivity contribution in [2.75, 3.05) is 7.11 Å². The van der Waals surface area contributed by atoms with Crippen molar-refractivity contribution in [3.8, 4) is 0 Å². The molecule has 8 nitrogen and oxygen atoms in total. The summed E-state index contributed by atoms with van der Waals surface area (Å²) in [6.07, 6.45) is 3.43. The Morgan fingerprint density at radius 1 is 0.886 bits per heavy atom. The highest BCUT2D eigenvalue weighted by atomic mass is 16.5. The molecule has 2 amide bonds. The summed E-state index contributed by atoms with van der Waals surface area (Å²) in [5.74, 6) is -1.27. The van der Waals surface area contributed by atoms with Crippen molar-refractivity contribution in [1.82, 2.24) is 10.6 Å². The molecular formula is C27H34N2O6. The molecule has 8 heteroatoms. The van der Waals surface area contributed by atoms with Gasteiger partial charge in [0.15, 0.2) is 0 Å². The van der Waals surface area contributed by atoms with Gasteiger partial charge in [-0.15, -0.1) is 0 Å². The average molecular weight is 483 g/mol. The highest BCUT2D eigenvalue weighted by Gasteiger charge is 2.43. The van der Waals surface area contributed by atoms with E-state index in [-0.39, 0.29) is 13.0 Å². The number of carbonyl (C=O) groups is 3. The summed E-state index contributed by atoms with van der Waals surface area (Å²) in [6.45, 7) is 0.0260. The van der Waals surface area contributed by atoms with Crippen molar-refractivity contribution < 1.29 is 29.0 Å². The predicted octanol–water partition coefficient (Wildman–Crippen LogP) is 3.27. The lowest BCUT2D eigenvalue weighted by Crippen LogP contribution is -2.62. The van der Waals surface area contributed by atoms with Gasteiger partial charge in [0.2, 0.25) is 5.91 Å². The second-order valence-corrected chi connectivity index (χ2v) is 8.93. The zero-order valence-corrected chi connectivity index (χ0v) is 20.1. The lowest BCUT2D eigenvalue weighted by Gasteiger charge is -2.35. The van der Waals surface area contributed by atoms with Crippen LogP contribution < -0.4 is 10.6 Å². The molecule has 1 aliphatic rings. The first-order valence-corrected chi connectivity index (χ1v) is 12.0. The van der Waals surface area contributed by atoms with Crippen LogP contribution in [0, 0.1) is 0 Å². The first kappa shape index (κ1) is 26.2. The number of rotatable bonds is 9. The minimum absolute atomic E-state index is 0.0260. The molecule has 35 heavy (non-hydrogen) atoms. The Morgan fingerprint density at radius 2 is 1.46 bits per heavy atom. The monoisotopic (exact) mass is 482 g/mol. The van der Waals surface area contributed by atoms with E-state index < -0.39 is 35.7 Å². The molecule has 2 aromatic carbocycles. The molecule has 0 bridgehead atoms. The normalized spacial score (nSPS) is 16.7. The van der Waals surface area contributed by atoms with Gasteiger partial charge >= 0.3 is 12.1 Å². The second-order valence-electron chi connectivity index (χ2n) is 8.93. The molecule has 2 aromatic rings. The summed E-state index contributed by atoms with van der Waals surface area (Å²) < 4.78 is 10.2. The Morgan fingerprint density at radius 3 is 2.03 bits per heavy atom. The molecule has 0 saturated heterocycles. The van der Waals surface area contributed by atoms with E-state index in [2.05, 4.69) is 10.6 Å². The molecule has 0 aliphatic heterocycles. The number of carbonyl (C=O) groups excluding carboxylic acids is 3. The Bertz CT molecular complexity index is 958. The van der Waals surface area contributed by atoms with Crippen LogP contribution >= 0.6 is 0 Å². The van der Waals surface area contributed by atoms with Crippen LogP contribution in [0.3, 0.4) is 0 Å². The topological polar surface area (TPSA) is 114 Å². The number of methoxy groups -OCH3 is 1. The summed E-state index contributed by atoms with van der Waals surface area (Å²) in [6, 6.07) is 16.1. The van der Waals surface area contributed by atoms with Gasteiger partial charge in [-0.3, -0.25) is 4.79 Å². The van der Waals surface area contributed by atoms with Crippen molar-refractivity contribution >= 4 is 18.0 Å². The van der Waals surface area contributed by atoms with E-state index in [1.807, 2.05) is 60.7 Å². The van der Waals surface area contributed by atoms with E-state index in [0.29, 0.717) is 12.8 Å². The van der Waals surface area contributed by atoms with Gasteiger partial charge in [-0.2, -0.15) is 0 Å². The van der Waals surface area contributed by atoms with Crippen LogP contribution in [0.15, 0.2) is 60.7 Å². The highest BCUT2D eigenvalue weighted by molar-refractivity contribution is 5.90. The number of nitrogens with one attached hydrogen (secondary N) is 2. The third kappa shape index (κ3) is 7.82. The Kier molecular flexibility index (Phi) is 9.66. The SMILES string of the molecule is COC(=O)[C@H](Cc1ccccc1)NC(=O)[C@@H](NC(=O)OCc1ccccc1)C1(O)CCCCCC1. The summed E-state index contributed by atoms with van der Waals surface area (Å²) in [7, 11) is 1.25. The first-order chi connectivity index (χ1) is 16.9. The Hall–Kier alpha value is -3.39. The molecule has 3 rings (SSSR count). The minimum atomic E-state index is -1.46. The van der Waals surface area contributed by atoms with Crippen molar-refractivity contribution in [1.29, 1.82) is 0 Å². The minimum Gasteiger partial charge on any atom is -0.467 e. The molecule has 1 fully saturated rings. The number of hydrogen-bond donors (Lipinski definition) is 3. The molecule has 0 unspecified atom stereocenters. The van der Waals surface area contributed by atoms with Crippen LogP contribution in [0.25, 0.3) is 0 Å². The predicted molar refractivity (Wildman–Crippen MR) is 130 cm³/mol. The zero-order chi connectivity index (χ0) is 25.1. The molecule has 2 atom stereocenters. The summed E-state index contributed by atoms with van der Waals surface area (Å²) >= 11 is 0. The van der Waals surface area contributed by atoms with E-state index in [1.165, 1.54) is 7.11 Å². The lowest BCUT2D eigenvalue weighted by atomic mass is 9.85. The maximum atomic E-state index is 13.4. The fourth-order valence-electron chi connectivity index (χ4n) is 4.40. The van der Waals surface area contributed by atoms with E-state index in [4.69, 9.17) is 9.47 Å². The van der Waals surface area contributed by atoms with Crippen LogP contribution in [-0.4, -0.2) is 47.9 Å². The smallest absolute Gasteiger partial charge is 0.408 e. The Labute approximate surface area is 206 Å². The number of hydrogen-bond acceptors (Lipinski definition) is 6. The third-order valence-electron chi connectivity index (χ3n) is 6.33.